The van der Waals surface area contributed by atoms with Gasteiger partial charge in [-0.15, -0.1) is 0 Å². The molecule has 3 aliphatic rings. The summed E-state index contributed by atoms with van der Waals surface area (Å²) < 4.78 is 18.1. The third-order valence-electron chi connectivity index (χ3n) is 14.9. The Kier molecular flexibility index (Phi) is 18.3. The molecule has 5 atom stereocenters. The minimum Gasteiger partial charge on any atom is -0.458 e. The van der Waals surface area contributed by atoms with Crippen LogP contribution in [0.5, 0.6) is 5.75 Å². The molecule has 2 aromatic carbocycles. The Morgan fingerprint density at radius 2 is 1.59 bits per heavy atom. The predicted octanol–water partition coefficient (Wildman–Crippen LogP) is 5.00. The maximum atomic E-state index is 13.8. The van der Waals surface area contributed by atoms with Gasteiger partial charge in [0.05, 0.1) is 29.0 Å². The number of fused-ring (bicyclic) bond motifs is 5. The van der Waals surface area contributed by atoms with Gasteiger partial charge in [0.1, 0.15) is 36.8 Å². The average molecular weight is 1080 g/mol. The lowest BCUT2D eigenvalue weighted by Crippen LogP contribution is -2.55. The fourth-order valence-electron chi connectivity index (χ4n) is 10.3. The number of carbonyl (C=O) groups is 8. The van der Waals surface area contributed by atoms with Crippen LogP contribution in [0.2, 0.25) is 0 Å². The number of ether oxygens (including phenoxy) is 3. The third-order valence-corrected chi connectivity index (χ3v) is 14.9. The highest BCUT2D eigenvalue weighted by atomic mass is 16.6. The van der Waals surface area contributed by atoms with Gasteiger partial charge in [0.25, 0.3) is 5.56 Å². The van der Waals surface area contributed by atoms with Crippen molar-refractivity contribution in [3.05, 3.63) is 86.7 Å². The zero-order chi connectivity index (χ0) is 56.7. The number of benzene rings is 2. The molecule has 22 nitrogen and oxygen atoms in total. The van der Waals surface area contributed by atoms with E-state index in [9.17, 15) is 48.3 Å². The van der Waals surface area contributed by atoms with Crippen LogP contribution in [0, 0.1) is 23.7 Å². The first-order valence-corrected chi connectivity index (χ1v) is 26.6. The van der Waals surface area contributed by atoms with Crippen LogP contribution in [0.3, 0.4) is 0 Å². The Bertz CT molecular complexity index is 3050. The van der Waals surface area contributed by atoms with Crippen molar-refractivity contribution < 1.29 is 57.7 Å². The predicted molar refractivity (Wildman–Crippen MR) is 287 cm³/mol. The number of anilines is 1. The van der Waals surface area contributed by atoms with E-state index in [-0.39, 0.29) is 105 Å². The number of likely N-dealkylation sites (N-methyl/N-ethyl adjacent to an activating group) is 2. The van der Waals surface area contributed by atoms with Crippen LogP contribution in [-0.2, 0) is 65.2 Å². The van der Waals surface area contributed by atoms with Crippen molar-refractivity contribution in [3.63, 3.8) is 0 Å². The number of carbonyl (C=O) groups excluding carboxylic acids is 8. The molecule has 7 amide bonds. The third kappa shape index (κ3) is 12.6. The molecule has 22 heteroatoms. The SMILES string of the molecule is CCc1c2c(nc3ccc(OC(=O)N(C)CCN(C)C(=O)OCc4ccc(NC(=O)[C@H](CCCNC(N)=O)NC(=O)[C@@H](NC(=O)C5CCCC5C(=O)C(C)C)C(C)C)cc4)cc13)-c1cc3c(c(=O)n1C2)COC(=O)[C@]3(O)CC. The van der Waals surface area contributed by atoms with Gasteiger partial charge in [0.2, 0.25) is 17.7 Å². The Labute approximate surface area is 452 Å². The molecule has 4 aromatic rings. The van der Waals surface area contributed by atoms with E-state index in [1.165, 1.54) is 23.9 Å². The number of nitrogens with one attached hydrogen (secondary N) is 4. The zero-order valence-electron chi connectivity index (χ0n) is 45.5. The van der Waals surface area contributed by atoms with E-state index in [0.717, 1.165) is 22.9 Å². The summed E-state index contributed by atoms with van der Waals surface area (Å²) in [5.74, 6) is -3.55. The van der Waals surface area contributed by atoms with Crippen LogP contribution in [0.25, 0.3) is 22.3 Å². The molecule has 1 saturated carbocycles. The number of Topliss-reactive ketones (excluding diaryl/α,β-unsaturated/α-hetero) is 1. The number of aromatic nitrogens is 2. The summed E-state index contributed by atoms with van der Waals surface area (Å²) in [6, 6.07) is 10.4. The number of esters is 1. The van der Waals surface area contributed by atoms with Crippen molar-refractivity contribution in [1.82, 2.24) is 35.3 Å². The monoisotopic (exact) mass is 1080 g/mol. The van der Waals surface area contributed by atoms with Crippen molar-refractivity contribution in [2.45, 2.75) is 124 Å². The molecule has 0 bridgehead atoms. The largest absolute Gasteiger partial charge is 0.458 e. The molecule has 2 unspecified atom stereocenters. The standard InChI is InChI=1S/C56H71N9O13/c1-9-35-38-25-34(20-21-42(38)60-46-39(35)27-65-44(46)26-41-40(51(65)70)29-76-52(71)56(41,75)10-2)78-55(74)64(8)24-23-63(7)54(73)77-28-32-16-18-33(19-17-32)59-49(68)43(15-12-22-58-53(57)72)61-50(69)45(30(3)4)62-48(67)37-14-11-13-36(37)47(66)31(5)6/h16-21,25-26,30-31,36-37,43,45,75H,9-15,22-24,27-29H2,1-8H3,(H,59,68)(H,61,69)(H,62,67)(H3,57,58,72)/t36?,37?,43-,45-,56-/m0/s1. The quantitative estimate of drug-likeness (QED) is 0.0417. The lowest BCUT2D eigenvalue weighted by molar-refractivity contribution is -0.172. The van der Waals surface area contributed by atoms with Crippen LogP contribution in [0.15, 0.2) is 53.3 Å². The van der Waals surface area contributed by atoms with Gasteiger partial charge in [0, 0.05) is 73.7 Å². The average Bonchev–Trinajstić information content (AvgIpc) is 4.22. The smallest absolute Gasteiger partial charge is 0.415 e. The molecule has 0 spiro atoms. The van der Waals surface area contributed by atoms with E-state index in [1.807, 2.05) is 20.8 Å². The molecular formula is C56H71N9O13. The molecule has 78 heavy (non-hydrogen) atoms. The van der Waals surface area contributed by atoms with Crippen molar-refractivity contribution in [1.29, 1.82) is 0 Å². The molecule has 2 aliphatic heterocycles. The second kappa shape index (κ2) is 24.6. The van der Waals surface area contributed by atoms with Crippen LogP contribution in [-0.4, -0.2) is 118 Å². The number of nitrogens with zero attached hydrogens (tertiary/aromatic N) is 4. The molecule has 0 radical (unpaired) electrons. The minimum absolute atomic E-state index is 0.0234. The number of aryl methyl sites for hydroxylation is 1. The number of hydrogen-bond acceptors (Lipinski definition) is 14. The number of rotatable bonds is 21. The van der Waals surface area contributed by atoms with Gasteiger partial charge in [0.15, 0.2) is 5.60 Å². The van der Waals surface area contributed by atoms with E-state index in [0.29, 0.717) is 47.4 Å². The Morgan fingerprint density at radius 3 is 2.24 bits per heavy atom. The first-order chi connectivity index (χ1) is 37.1. The van der Waals surface area contributed by atoms with Gasteiger partial charge >= 0.3 is 24.2 Å². The highest BCUT2D eigenvalue weighted by Gasteiger charge is 2.46. The second-order valence-corrected chi connectivity index (χ2v) is 20.9. The second-order valence-electron chi connectivity index (χ2n) is 20.9. The van der Waals surface area contributed by atoms with Crippen molar-refractivity contribution >= 4 is 64.3 Å². The van der Waals surface area contributed by atoms with Gasteiger partial charge in [-0.25, -0.2) is 24.2 Å². The van der Waals surface area contributed by atoms with E-state index in [2.05, 4.69) is 21.3 Å². The van der Waals surface area contributed by atoms with Gasteiger partial charge in [-0.2, -0.15) is 0 Å². The Hall–Kier alpha value is -7.88. The number of ketones is 1. The summed E-state index contributed by atoms with van der Waals surface area (Å²) in [4.78, 5) is 125. The molecule has 4 heterocycles. The van der Waals surface area contributed by atoms with Crippen LogP contribution in [0.1, 0.15) is 108 Å². The van der Waals surface area contributed by atoms with Crippen LogP contribution in [0.4, 0.5) is 20.1 Å². The first kappa shape index (κ1) is 57.8. The highest BCUT2D eigenvalue weighted by Crippen LogP contribution is 2.41. The first-order valence-electron chi connectivity index (χ1n) is 26.6. The summed E-state index contributed by atoms with van der Waals surface area (Å²) in [7, 11) is 3.06. The molecule has 1 fully saturated rings. The maximum Gasteiger partial charge on any atom is 0.415 e. The number of pyridine rings is 2. The Morgan fingerprint density at radius 1 is 0.897 bits per heavy atom. The molecule has 2 aromatic heterocycles. The van der Waals surface area contributed by atoms with Gasteiger partial charge < -0.3 is 60.7 Å². The van der Waals surface area contributed by atoms with Crippen LogP contribution < -0.4 is 37.3 Å². The summed E-state index contributed by atoms with van der Waals surface area (Å²) in [5, 5.41) is 22.9. The molecule has 0 saturated heterocycles. The molecular weight excluding hydrogens is 1010 g/mol. The molecule has 1 aliphatic carbocycles. The van der Waals surface area contributed by atoms with Gasteiger partial charge in [-0.1, -0.05) is 60.1 Å². The number of aliphatic hydroxyl groups is 1. The lowest BCUT2D eigenvalue weighted by atomic mass is 9.86. The summed E-state index contributed by atoms with van der Waals surface area (Å²) in [6.07, 6.45) is 1.55. The number of nitrogens with two attached hydrogens (primary N) is 1. The summed E-state index contributed by atoms with van der Waals surface area (Å²) in [6.45, 7) is 11.0. The summed E-state index contributed by atoms with van der Waals surface area (Å²) in [5.41, 5.74) is 7.72. The topological polar surface area (TPSA) is 300 Å². The fourth-order valence-corrected chi connectivity index (χ4v) is 10.3. The number of amides is 7. The summed E-state index contributed by atoms with van der Waals surface area (Å²) >= 11 is 0. The number of cyclic esters (lactones) is 1. The van der Waals surface area contributed by atoms with E-state index >= 15 is 0 Å². The van der Waals surface area contributed by atoms with Crippen LogP contribution >= 0.6 is 0 Å². The van der Waals surface area contributed by atoms with Crippen molar-refractivity contribution in [3.8, 4) is 17.1 Å². The van der Waals surface area contributed by atoms with E-state index < -0.39 is 65.5 Å². The van der Waals surface area contributed by atoms with E-state index in [1.54, 1.807) is 73.9 Å². The lowest BCUT2D eigenvalue weighted by Gasteiger charge is -2.31. The molecule has 418 valence electrons. The maximum absolute atomic E-state index is 13.8. The molecule has 7 N–H and O–H groups in total. The number of hydrogen-bond donors (Lipinski definition) is 6. The Balaban J connectivity index is 0.905. The molecule has 7 rings (SSSR count). The minimum atomic E-state index is -1.95. The fraction of sp³-hybridized carbons (Fsp3) is 0.500. The zero-order valence-corrected chi connectivity index (χ0v) is 45.5. The van der Waals surface area contributed by atoms with Gasteiger partial charge in [-0.3, -0.25) is 24.0 Å². The highest BCUT2D eigenvalue weighted by molar-refractivity contribution is 5.99. The van der Waals surface area contributed by atoms with Crippen molar-refractivity contribution in [2.24, 2.45) is 29.4 Å². The number of primary amides is 1. The normalized spacial score (nSPS) is 18.0. The van der Waals surface area contributed by atoms with Gasteiger partial charge in [-0.05, 0) is 92.0 Å². The van der Waals surface area contributed by atoms with E-state index in [4.69, 9.17) is 24.9 Å². The number of urea groups is 1. The van der Waals surface area contributed by atoms with Crippen molar-refractivity contribution in [2.75, 3.05) is 39.0 Å².